The largest absolute Gasteiger partial charge is 0.390 e. The van der Waals surface area contributed by atoms with Crippen LogP contribution in [0.4, 0.5) is 10.8 Å². The number of aromatic nitrogens is 1. The van der Waals surface area contributed by atoms with Gasteiger partial charge in [0.15, 0.2) is 10.3 Å². The first-order valence-corrected chi connectivity index (χ1v) is 10.9. The van der Waals surface area contributed by atoms with Crippen LogP contribution in [0.3, 0.4) is 0 Å². The van der Waals surface area contributed by atoms with Crippen molar-refractivity contribution in [2.45, 2.75) is 0 Å². The van der Waals surface area contributed by atoms with Crippen LogP contribution in [0.2, 0.25) is 0 Å². The van der Waals surface area contributed by atoms with Gasteiger partial charge in [-0.3, -0.25) is 4.58 Å². The molecule has 24 heavy (non-hydrogen) atoms. The number of nitrogens with zero attached hydrogens (tertiary/aromatic N) is 5. The van der Waals surface area contributed by atoms with Gasteiger partial charge in [-0.1, -0.05) is 30.0 Å². The lowest BCUT2D eigenvalue weighted by Gasteiger charge is -2.20. The van der Waals surface area contributed by atoms with Crippen LogP contribution >= 0.6 is 44.7 Å². The topological polar surface area (TPSA) is 34.7 Å². The second-order valence-electron chi connectivity index (χ2n) is 5.18. The monoisotopic (exact) mass is 398 g/mol. The van der Waals surface area contributed by atoms with E-state index in [0.717, 1.165) is 20.8 Å². The van der Waals surface area contributed by atoms with Gasteiger partial charge in [0, 0.05) is 29.4 Å². The quantitative estimate of drug-likeness (QED) is 0.255. The molecule has 1 aromatic carbocycles. The van der Waals surface area contributed by atoms with Crippen molar-refractivity contribution in [2.75, 3.05) is 39.3 Å². The van der Waals surface area contributed by atoms with Crippen LogP contribution in [0.5, 0.6) is 0 Å². The van der Waals surface area contributed by atoms with Gasteiger partial charge in [-0.2, -0.15) is 4.99 Å². The minimum atomic E-state index is 0.536. The number of rotatable bonds is 2. The molecule has 0 bridgehead atoms. The minimum absolute atomic E-state index is 0.536. The van der Waals surface area contributed by atoms with Gasteiger partial charge in [-0.15, -0.1) is 0 Å². The van der Waals surface area contributed by atoms with Gasteiger partial charge in [0.05, 0.1) is 19.8 Å². The summed E-state index contributed by atoms with van der Waals surface area (Å²) in [5, 5.41) is 2.21. The Balaban J connectivity index is 2.58. The molecule has 0 saturated heterocycles. The van der Waals surface area contributed by atoms with E-state index in [0.29, 0.717) is 5.11 Å². The number of aliphatic imine (C=N–C) groups is 1. The second-order valence-corrected chi connectivity index (χ2v) is 8.39. The van der Waals surface area contributed by atoms with E-state index in [-0.39, 0.29) is 0 Å². The first-order chi connectivity index (χ1) is 11.4. The Kier molecular flexibility index (Phi) is 6.90. The maximum Gasteiger partial charge on any atom is 0.390 e. The molecule has 2 rings (SSSR count). The van der Waals surface area contributed by atoms with Crippen molar-refractivity contribution in [3.63, 3.8) is 0 Å². The van der Waals surface area contributed by atoms with Crippen molar-refractivity contribution >= 4 is 65.8 Å². The number of para-hydroxylation sites is 1. The molecule has 2 aromatic rings. The Bertz CT molecular complexity index is 787. The lowest BCUT2D eigenvalue weighted by Crippen LogP contribution is -2.28. The van der Waals surface area contributed by atoms with Crippen molar-refractivity contribution in [2.24, 2.45) is 4.99 Å². The Morgan fingerprint density at radius 2 is 1.88 bits per heavy atom. The predicted octanol–water partition coefficient (Wildman–Crippen LogP) is 2.94. The van der Waals surface area contributed by atoms with Gasteiger partial charge in [-0.05, 0) is 40.9 Å². The Labute approximate surface area is 159 Å². The molecule has 9 heteroatoms. The first kappa shape index (κ1) is 19.0. The Morgan fingerprint density at radius 3 is 2.38 bits per heavy atom. The van der Waals surface area contributed by atoms with Crippen LogP contribution < -0.4 is 14.3 Å². The SMILES string of the molecule is CS/C(=N\C(=S)N(C)C)N(c1ccccc1)c1nc(=[N+](C)C)ss1. The number of amidine groups is 1. The first-order valence-electron chi connectivity index (χ1n) is 7.10. The molecular weight excluding hydrogens is 378 g/mol. The lowest BCUT2D eigenvalue weighted by molar-refractivity contribution is 0.629. The fourth-order valence-electron chi connectivity index (χ4n) is 1.70. The molecule has 0 spiro atoms. The summed E-state index contributed by atoms with van der Waals surface area (Å²) in [4.78, 5) is 14.2. The third-order valence-corrected chi connectivity index (χ3v) is 6.27. The van der Waals surface area contributed by atoms with Crippen molar-refractivity contribution in [1.29, 1.82) is 0 Å². The van der Waals surface area contributed by atoms with E-state index in [1.165, 1.54) is 0 Å². The third kappa shape index (κ3) is 4.62. The fourth-order valence-corrected chi connectivity index (χ4v) is 4.67. The zero-order valence-corrected chi connectivity index (χ0v) is 17.5. The summed E-state index contributed by atoms with van der Waals surface area (Å²) in [5.74, 6) is 0. The Hall–Kier alpha value is -1.29. The number of thiocarbonyl (C=S) groups is 1. The van der Waals surface area contributed by atoms with Gasteiger partial charge >= 0.3 is 9.93 Å². The molecule has 0 atom stereocenters. The average molecular weight is 399 g/mol. The van der Waals surface area contributed by atoms with Crippen molar-refractivity contribution < 1.29 is 0 Å². The highest BCUT2D eigenvalue weighted by molar-refractivity contribution is 8.13. The smallest absolute Gasteiger partial charge is 0.354 e. The minimum Gasteiger partial charge on any atom is -0.354 e. The molecule has 0 saturated carbocycles. The van der Waals surface area contributed by atoms with Gasteiger partial charge in [-0.25, -0.2) is 4.90 Å². The van der Waals surface area contributed by atoms with Crippen LogP contribution in [0, 0.1) is 0 Å². The van der Waals surface area contributed by atoms with Gasteiger partial charge < -0.3 is 4.90 Å². The zero-order chi connectivity index (χ0) is 17.7. The molecule has 0 radical (unpaired) electrons. The number of hydrogen-bond acceptors (Lipinski definition) is 5. The highest BCUT2D eigenvalue weighted by Crippen LogP contribution is 2.30. The Morgan fingerprint density at radius 1 is 1.21 bits per heavy atom. The number of hydrogen-bond donors (Lipinski definition) is 0. The summed E-state index contributed by atoms with van der Waals surface area (Å²) in [6.45, 7) is 0. The van der Waals surface area contributed by atoms with E-state index >= 15 is 0 Å². The molecule has 1 heterocycles. The summed E-state index contributed by atoms with van der Waals surface area (Å²) in [7, 11) is 11.0. The molecule has 0 fully saturated rings. The molecule has 0 aliphatic heterocycles. The van der Waals surface area contributed by atoms with Crippen LogP contribution in [0.1, 0.15) is 0 Å². The molecule has 0 unspecified atom stereocenters. The van der Waals surface area contributed by atoms with Crippen LogP contribution in [-0.2, 0) is 0 Å². The predicted molar refractivity (Wildman–Crippen MR) is 113 cm³/mol. The molecule has 128 valence electrons. The summed E-state index contributed by atoms with van der Waals surface area (Å²) in [6, 6.07) is 10.1. The third-order valence-electron chi connectivity index (χ3n) is 2.92. The maximum atomic E-state index is 5.36. The molecule has 0 aliphatic carbocycles. The summed E-state index contributed by atoms with van der Waals surface area (Å²) < 4.78 is 2.01. The van der Waals surface area contributed by atoms with Gasteiger partial charge in [0.1, 0.15) is 0 Å². The maximum absolute atomic E-state index is 5.36. The standard InChI is InChI=1S/C15H20N5S4/c1-18(2)12(21)16-14(22-5)20(11-9-7-6-8-10-11)15-17-13(19(3)4)23-24-15/h6-10H,1-5H3/q+1/b16-14-. The van der Waals surface area contributed by atoms with Gasteiger partial charge in [0.25, 0.3) is 0 Å². The van der Waals surface area contributed by atoms with E-state index in [4.69, 9.17) is 17.2 Å². The normalized spacial score (nSPS) is 11.3. The fraction of sp³-hybridized carbons (Fsp3) is 0.333. The number of thioether (sulfide) groups is 1. The van der Waals surface area contributed by atoms with Crippen molar-refractivity contribution in [3.8, 4) is 0 Å². The van der Waals surface area contributed by atoms with Crippen molar-refractivity contribution in [3.05, 3.63) is 35.1 Å². The highest BCUT2D eigenvalue weighted by atomic mass is 32.9. The van der Waals surface area contributed by atoms with E-state index < -0.39 is 0 Å². The molecule has 0 aliphatic rings. The lowest BCUT2D eigenvalue weighted by atomic mass is 10.3. The molecular formula is C15H20N5S4+. The summed E-state index contributed by atoms with van der Waals surface area (Å²) >= 11 is 6.91. The molecule has 0 amide bonds. The van der Waals surface area contributed by atoms with Crippen molar-refractivity contribution in [1.82, 2.24) is 14.5 Å². The van der Waals surface area contributed by atoms with Crippen LogP contribution in [-0.4, -0.2) is 54.6 Å². The van der Waals surface area contributed by atoms with E-state index in [9.17, 15) is 0 Å². The summed E-state index contributed by atoms with van der Waals surface area (Å²) in [6.07, 6.45) is 2.00. The van der Waals surface area contributed by atoms with Crippen LogP contribution in [0.15, 0.2) is 35.3 Å². The summed E-state index contributed by atoms with van der Waals surface area (Å²) in [5.41, 5.74) is 1.01. The van der Waals surface area contributed by atoms with Gasteiger partial charge in [0.2, 0.25) is 0 Å². The molecule has 1 aromatic heterocycles. The van der Waals surface area contributed by atoms with E-state index in [1.807, 2.05) is 74.3 Å². The van der Waals surface area contributed by atoms with E-state index in [1.54, 1.807) is 32.4 Å². The zero-order valence-electron chi connectivity index (χ0n) is 14.3. The second kappa shape index (κ2) is 8.70. The molecule has 5 nitrogen and oxygen atoms in total. The number of benzene rings is 1. The number of anilines is 2. The highest BCUT2D eigenvalue weighted by Gasteiger charge is 2.24. The molecule has 0 N–H and O–H groups in total. The average Bonchev–Trinajstić information content (AvgIpc) is 3.04. The van der Waals surface area contributed by atoms with Crippen LogP contribution in [0.25, 0.3) is 0 Å². The van der Waals surface area contributed by atoms with E-state index in [2.05, 4.69) is 9.89 Å².